The van der Waals surface area contributed by atoms with Crippen molar-refractivity contribution in [2.75, 3.05) is 0 Å². The third-order valence-corrected chi connectivity index (χ3v) is 2.95. The van der Waals surface area contributed by atoms with E-state index in [0.717, 1.165) is 5.56 Å². The van der Waals surface area contributed by atoms with Gasteiger partial charge in [-0.05, 0) is 37.3 Å². The number of aromatic nitrogens is 2. The highest BCUT2D eigenvalue weighted by atomic mass is 35.5. The van der Waals surface area contributed by atoms with Crippen molar-refractivity contribution < 1.29 is 4.79 Å². The van der Waals surface area contributed by atoms with Crippen LogP contribution in [0.15, 0.2) is 41.7 Å². The van der Waals surface area contributed by atoms with E-state index in [4.69, 9.17) is 29.6 Å². The van der Waals surface area contributed by atoms with Crippen LogP contribution in [0.2, 0.25) is 5.02 Å². The molecule has 1 aromatic carbocycles. The highest BCUT2D eigenvalue weighted by Gasteiger charge is 2.11. The average molecular weight is 334 g/mol. The van der Waals surface area contributed by atoms with Crippen LogP contribution in [0.3, 0.4) is 0 Å². The number of benzene rings is 1. The maximum absolute atomic E-state index is 12.1. The minimum Gasteiger partial charge on any atom is -0.387 e. The zero-order chi connectivity index (χ0) is 16.1. The first kappa shape index (κ1) is 16.0. The number of nitrogens with zero attached hydrogens (tertiary/aromatic N) is 3. The van der Waals surface area contributed by atoms with Crippen molar-refractivity contribution in [1.29, 1.82) is 0 Å². The summed E-state index contributed by atoms with van der Waals surface area (Å²) in [6.07, 6.45) is 1.30. The van der Waals surface area contributed by atoms with E-state index in [1.165, 1.54) is 6.33 Å². The van der Waals surface area contributed by atoms with Gasteiger partial charge in [-0.2, -0.15) is 0 Å². The van der Waals surface area contributed by atoms with Crippen LogP contribution in [0.1, 0.15) is 17.4 Å². The van der Waals surface area contributed by atoms with Crippen LogP contribution in [-0.2, 0) is 0 Å². The fraction of sp³-hybridized carbons (Fsp3) is 0.0714. The smallest absolute Gasteiger partial charge is 0.276 e. The van der Waals surface area contributed by atoms with E-state index < -0.39 is 5.91 Å². The predicted molar refractivity (Wildman–Crippen MR) is 89.8 cm³/mol. The molecule has 0 aliphatic carbocycles. The molecule has 112 valence electrons. The summed E-state index contributed by atoms with van der Waals surface area (Å²) in [5.74, 6) is -0.228. The Morgan fingerprint density at radius 1 is 1.36 bits per heavy atom. The topological polar surface area (TPSA) is 93.3 Å². The Kier molecular flexibility index (Phi) is 5.13. The maximum atomic E-state index is 12.1. The molecule has 0 unspecified atom stereocenters. The minimum atomic E-state index is -0.485. The van der Waals surface area contributed by atoms with Crippen molar-refractivity contribution in [3.8, 4) is 11.3 Å². The van der Waals surface area contributed by atoms with E-state index in [9.17, 15) is 4.79 Å². The first-order valence-corrected chi connectivity index (χ1v) is 6.98. The van der Waals surface area contributed by atoms with Crippen molar-refractivity contribution in [3.05, 3.63) is 47.4 Å². The number of amides is 1. The molecule has 0 fully saturated rings. The number of hydrogen-bond donors (Lipinski definition) is 2. The number of halogens is 1. The molecule has 0 aliphatic heterocycles. The van der Waals surface area contributed by atoms with Crippen LogP contribution in [0, 0.1) is 0 Å². The van der Waals surface area contributed by atoms with Gasteiger partial charge in [-0.1, -0.05) is 23.7 Å². The van der Waals surface area contributed by atoms with Gasteiger partial charge in [-0.3, -0.25) is 10.1 Å². The summed E-state index contributed by atoms with van der Waals surface area (Å²) in [6, 6.07) is 8.68. The molecule has 2 rings (SSSR count). The van der Waals surface area contributed by atoms with Crippen molar-refractivity contribution in [3.63, 3.8) is 0 Å². The molecule has 3 N–H and O–H groups in total. The molecule has 0 bridgehead atoms. The lowest BCUT2D eigenvalue weighted by atomic mass is 10.1. The molecule has 0 radical (unpaired) electrons. The summed E-state index contributed by atoms with van der Waals surface area (Å²) in [5, 5.41) is 2.99. The minimum absolute atomic E-state index is 0.0204. The Labute approximate surface area is 137 Å². The van der Waals surface area contributed by atoms with Gasteiger partial charge >= 0.3 is 0 Å². The highest BCUT2D eigenvalue weighted by molar-refractivity contribution is 7.80. The molecule has 22 heavy (non-hydrogen) atoms. The molecule has 0 saturated heterocycles. The zero-order valence-electron chi connectivity index (χ0n) is 11.6. The molecule has 0 aliphatic rings. The number of thiocarbonyl (C=S) groups is 1. The highest BCUT2D eigenvalue weighted by Crippen LogP contribution is 2.20. The molecule has 0 saturated carbocycles. The Balaban J connectivity index is 2.23. The van der Waals surface area contributed by atoms with Gasteiger partial charge in [0.25, 0.3) is 5.91 Å². The van der Waals surface area contributed by atoms with E-state index >= 15 is 0 Å². The molecule has 1 amide bonds. The Morgan fingerprint density at radius 2 is 2.14 bits per heavy atom. The largest absolute Gasteiger partial charge is 0.387 e. The van der Waals surface area contributed by atoms with Gasteiger partial charge in [0.15, 0.2) is 0 Å². The third-order valence-electron chi connectivity index (χ3n) is 2.52. The lowest BCUT2D eigenvalue weighted by Gasteiger charge is -2.05. The number of aliphatic imine (C=N–C) groups is 1. The number of nitrogens with one attached hydrogen (secondary N) is 1. The first-order valence-electron chi connectivity index (χ1n) is 6.20. The normalized spacial score (nSPS) is 11.1. The van der Waals surface area contributed by atoms with E-state index in [1.807, 2.05) is 6.07 Å². The van der Waals surface area contributed by atoms with Gasteiger partial charge in [0, 0.05) is 10.6 Å². The second-order valence-corrected chi connectivity index (χ2v) is 5.13. The molecule has 8 heteroatoms. The second-order valence-electron chi connectivity index (χ2n) is 4.31. The fourth-order valence-corrected chi connectivity index (χ4v) is 2.06. The van der Waals surface area contributed by atoms with E-state index in [2.05, 4.69) is 20.3 Å². The summed E-state index contributed by atoms with van der Waals surface area (Å²) >= 11 is 10.8. The molecule has 1 aromatic heterocycles. The maximum Gasteiger partial charge on any atom is 0.276 e. The van der Waals surface area contributed by atoms with Gasteiger partial charge in [-0.25, -0.2) is 15.0 Å². The number of amidine groups is 1. The average Bonchev–Trinajstić information content (AvgIpc) is 2.46. The van der Waals surface area contributed by atoms with Crippen molar-refractivity contribution in [1.82, 2.24) is 15.3 Å². The Bertz CT molecular complexity index is 758. The first-order chi connectivity index (χ1) is 10.5. The summed E-state index contributed by atoms with van der Waals surface area (Å²) < 4.78 is 0. The van der Waals surface area contributed by atoms with Crippen LogP contribution in [-0.4, -0.2) is 26.8 Å². The van der Waals surface area contributed by atoms with Crippen LogP contribution < -0.4 is 11.1 Å². The quantitative estimate of drug-likeness (QED) is 0.499. The van der Waals surface area contributed by atoms with Crippen LogP contribution >= 0.6 is 23.8 Å². The summed E-state index contributed by atoms with van der Waals surface area (Å²) in [5.41, 5.74) is 6.92. The van der Waals surface area contributed by atoms with Crippen molar-refractivity contribution in [2.24, 2.45) is 10.7 Å². The molecular formula is C14H12ClN5OS. The molecule has 2 aromatic rings. The predicted octanol–water partition coefficient (Wildman–Crippen LogP) is 2.19. The van der Waals surface area contributed by atoms with E-state index in [0.29, 0.717) is 10.7 Å². The Hall–Kier alpha value is -2.38. The molecule has 1 heterocycles. The summed E-state index contributed by atoms with van der Waals surface area (Å²) in [4.78, 5) is 23.9. The Morgan fingerprint density at radius 3 is 2.82 bits per heavy atom. The van der Waals surface area contributed by atoms with Gasteiger partial charge in [0.1, 0.15) is 12.0 Å². The third kappa shape index (κ3) is 4.31. The van der Waals surface area contributed by atoms with Gasteiger partial charge < -0.3 is 5.73 Å². The molecular weight excluding hydrogens is 322 g/mol. The van der Waals surface area contributed by atoms with Crippen molar-refractivity contribution >= 4 is 40.7 Å². The van der Waals surface area contributed by atoms with Gasteiger partial charge in [-0.15, -0.1) is 0 Å². The van der Waals surface area contributed by atoms with E-state index in [-0.39, 0.29) is 16.6 Å². The number of hydrogen-bond acceptors (Lipinski definition) is 4. The van der Waals surface area contributed by atoms with Crippen molar-refractivity contribution in [2.45, 2.75) is 6.92 Å². The monoisotopic (exact) mass is 333 g/mol. The van der Waals surface area contributed by atoms with E-state index in [1.54, 1.807) is 31.2 Å². The number of nitrogens with two attached hydrogens (primary N) is 1. The number of carbonyl (C=O) groups is 1. The standard InChI is InChI=1S/C14H12ClN5OS/c1-8(16)19-14(22)20-13(21)12-6-11(17-7-18-12)9-3-2-4-10(15)5-9/h2-7H,1H3,(H3,16,19,20,21,22). The molecule has 0 atom stereocenters. The molecule has 6 nitrogen and oxygen atoms in total. The molecule has 0 spiro atoms. The van der Waals surface area contributed by atoms with Crippen LogP contribution in [0.5, 0.6) is 0 Å². The SMILES string of the molecule is CC(N)=NC(=S)NC(=O)c1cc(-c2cccc(Cl)c2)ncn1. The van der Waals surface area contributed by atoms with Gasteiger partial charge in [0.2, 0.25) is 5.11 Å². The number of carbonyl (C=O) groups excluding carboxylic acids is 1. The fourth-order valence-electron chi connectivity index (χ4n) is 1.64. The summed E-state index contributed by atoms with van der Waals surface area (Å²) in [7, 11) is 0. The van der Waals surface area contributed by atoms with Crippen LogP contribution in [0.25, 0.3) is 11.3 Å². The lowest BCUT2D eigenvalue weighted by molar-refractivity contribution is 0.0972. The zero-order valence-corrected chi connectivity index (χ0v) is 13.1. The lowest BCUT2D eigenvalue weighted by Crippen LogP contribution is -2.29. The second kappa shape index (κ2) is 7.06. The summed E-state index contributed by atoms with van der Waals surface area (Å²) in [6.45, 7) is 1.57. The number of rotatable bonds is 2. The van der Waals surface area contributed by atoms with Gasteiger partial charge in [0.05, 0.1) is 11.5 Å². The van der Waals surface area contributed by atoms with Crippen LogP contribution in [0.4, 0.5) is 0 Å².